The summed E-state index contributed by atoms with van der Waals surface area (Å²) in [6, 6.07) is 9.96. The number of hydrogen-bond acceptors (Lipinski definition) is 4. The molecule has 1 aliphatic heterocycles. The fourth-order valence-corrected chi connectivity index (χ4v) is 2.62. The fourth-order valence-electron chi connectivity index (χ4n) is 2.50. The first-order valence-electron chi connectivity index (χ1n) is 7.45. The molecule has 1 fully saturated rings. The van der Waals surface area contributed by atoms with Crippen LogP contribution in [-0.2, 0) is 0 Å². The molecule has 5 heteroatoms. The van der Waals surface area contributed by atoms with Gasteiger partial charge in [-0.15, -0.1) is 0 Å². The number of para-hydroxylation sites is 1. The average Bonchev–Trinajstić information content (AvgIpc) is 2.49. The molecule has 1 saturated heterocycles. The summed E-state index contributed by atoms with van der Waals surface area (Å²) in [5.74, 6) is 0.936. The van der Waals surface area contributed by atoms with Crippen molar-refractivity contribution in [2.75, 3.05) is 39.3 Å². The molecule has 1 aromatic rings. The van der Waals surface area contributed by atoms with Crippen LogP contribution in [0.1, 0.15) is 13.8 Å². The van der Waals surface area contributed by atoms with Gasteiger partial charge in [-0.25, -0.2) is 0 Å². The summed E-state index contributed by atoms with van der Waals surface area (Å²) in [7, 11) is 0. The van der Waals surface area contributed by atoms with Crippen LogP contribution >= 0.6 is 12.2 Å². The Morgan fingerprint density at radius 1 is 1.19 bits per heavy atom. The van der Waals surface area contributed by atoms with Gasteiger partial charge in [-0.05, 0) is 26.0 Å². The Morgan fingerprint density at radius 2 is 1.81 bits per heavy atom. The van der Waals surface area contributed by atoms with Crippen LogP contribution in [0.3, 0.4) is 0 Å². The molecular formula is C16H25N3OS. The quantitative estimate of drug-likeness (QED) is 0.811. The van der Waals surface area contributed by atoms with Gasteiger partial charge in [0, 0.05) is 32.7 Å². The van der Waals surface area contributed by atoms with E-state index < -0.39 is 0 Å². The van der Waals surface area contributed by atoms with Gasteiger partial charge >= 0.3 is 0 Å². The van der Waals surface area contributed by atoms with Gasteiger partial charge in [0.05, 0.1) is 10.5 Å². The molecule has 0 amide bonds. The van der Waals surface area contributed by atoms with Gasteiger partial charge in [-0.2, -0.15) is 0 Å². The van der Waals surface area contributed by atoms with Crippen LogP contribution in [0.4, 0.5) is 0 Å². The van der Waals surface area contributed by atoms with Gasteiger partial charge in [-0.3, -0.25) is 9.80 Å². The molecule has 21 heavy (non-hydrogen) atoms. The molecule has 1 aromatic carbocycles. The number of hydrogen-bond donors (Lipinski definition) is 1. The smallest absolute Gasteiger partial charge is 0.119 e. The fraction of sp³-hybridized carbons (Fsp3) is 0.562. The van der Waals surface area contributed by atoms with Crippen LogP contribution < -0.4 is 10.5 Å². The first-order chi connectivity index (χ1) is 10.00. The first-order valence-corrected chi connectivity index (χ1v) is 7.86. The van der Waals surface area contributed by atoms with Crippen molar-refractivity contribution < 1.29 is 4.74 Å². The van der Waals surface area contributed by atoms with E-state index in [1.54, 1.807) is 0 Å². The number of benzene rings is 1. The standard InChI is InChI=1S/C16H25N3OS/c1-16(2,15(17)21)19-10-8-18(9-11-19)12-13-20-14-6-4-3-5-7-14/h3-7H,8-13H2,1-2H3,(H2,17,21). The van der Waals surface area contributed by atoms with Crippen molar-refractivity contribution in [3.8, 4) is 5.75 Å². The zero-order valence-corrected chi connectivity index (χ0v) is 13.7. The minimum absolute atomic E-state index is 0.192. The van der Waals surface area contributed by atoms with Gasteiger partial charge < -0.3 is 10.5 Å². The molecule has 2 rings (SSSR count). The highest BCUT2D eigenvalue weighted by Crippen LogP contribution is 2.17. The zero-order valence-electron chi connectivity index (χ0n) is 12.9. The summed E-state index contributed by atoms with van der Waals surface area (Å²) in [6.45, 7) is 9.94. The molecule has 0 aromatic heterocycles. The minimum Gasteiger partial charge on any atom is -0.492 e. The molecule has 0 spiro atoms. The molecule has 0 aliphatic carbocycles. The summed E-state index contributed by atoms with van der Waals surface area (Å²) in [5.41, 5.74) is 5.64. The van der Waals surface area contributed by atoms with Gasteiger partial charge in [0.1, 0.15) is 12.4 Å². The molecule has 2 N–H and O–H groups in total. The van der Waals surface area contributed by atoms with Gasteiger partial charge in [0.2, 0.25) is 0 Å². The second kappa shape index (κ2) is 7.20. The lowest BCUT2D eigenvalue weighted by Crippen LogP contribution is -2.59. The number of piperazine rings is 1. The summed E-state index contributed by atoms with van der Waals surface area (Å²) >= 11 is 5.17. The maximum Gasteiger partial charge on any atom is 0.119 e. The molecule has 1 heterocycles. The largest absolute Gasteiger partial charge is 0.492 e. The van der Waals surface area contributed by atoms with Crippen molar-refractivity contribution in [1.82, 2.24) is 9.80 Å². The van der Waals surface area contributed by atoms with Crippen molar-refractivity contribution in [2.45, 2.75) is 19.4 Å². The third kappa shape index (κ3) is 4.40. The Bertz CT molecular complexity index is 456. The van der Waals surface area contributed by atoms with E-state index in [4.69, 9.17) is 22.7 Å². The normalized spacial score (nSPS) is 17.6. The van der Waals surface area contributed by atoms with E-state index in [1.165, 1.54) is 0 Å². The van der Waals surface area contributed by atoms with Crippen molar-refractivity contribution in [3.63, 3.8) is 0 Å². The zero-order chi connectivity index (χ0) is 15.3. The van der Waals surface area contributed by atoms with E-state index in [-0.39, 0.29) is 5.54 Å². The summed E-state index contributed by atoms with van der Waals surface area (Å²) in [5, 5.41) is 0. The number of nitrogens with two attached hydrogens (primary N) is 1. The Kier molecular flexibility index (Phi) is 5.56. The van der Waals surface area contributed by atoms with E-state index in [1.807, 2.05) is 30.3 Å². The van der Waals surface area contributed by atoms with E-state index in [0.717, 1.165) is 45.1 Å². The summed E-state index contributed by atoms with van der Waals surface area (Å²) in [6.07, 6.45) is 0. The lowest BCUT2D eigenvalue weighted by atomic mass is 10.0. The summed E-state index contributed by atoms with van der Waals surface area (Å²) < 4.78 is 5.75. The van der Waals surface area contributed by atoms with Crippen molar-refractivity contribution in [2.24, 2.45) is 5.73 Å². The Balaban J connectivity index is 1.71. The minimum atomic E-state index is -0.192. The van der Waals surface area contributed by atoms with E-state index >= 15 is 0 Å². The first kappa shape index (κ1) is 16.2. The molecule has 0 saturated carbocycles. The van der Waals surface area contributed by atoms with Crippen LogP contribution in [0.2, 0.25) is 0 Å². The lowest BCUT2D eigenvalue weighted by molar-refractivity contribution is 0.0777. The second-order valence-corrected chi connectivity index (χ2v) is 6.35. The molecule has 0 atom stereocenters. The van der Waals surface area contributed by atoms with Crippen LogP contribution in [0, 0.1) is 0 Å². The molecule has 1 aliphatic rings. The van der Waals surface area contributed by atoms with Crippen LogP contribution in [0.5, 0.6) is 5.75 Å². The number of rotatable bonds is 6. The van der Waals surface area contributed by atoms with Gasteiger partial charge in [0.15, 0.2) is 0 Å². The van der Waals surface area contributed by atoms with Crippen LogP contribution in [0.25, 0.3) is 0 Å². The molecule has 0 unspecified atom stereocenters. The highest BCUT2D eigenvalue weighted by atomic mass is 32.1. The summed E-state index contributed by atoms with van der Waals surface area (Å²) in [4.78, 5) is 5.36. The highest BCUT2D eigenvalue weighted by Gasteiger charge is 2.32. The molecule has 116 valence electrons. The SMILES string of the molecule is CC(C)(C(N)=S)N1CCN(CCOc2ccccc2)CC1. The molecular weight excluding hydrogens is 282 g/mol. The maximum atomic E-state index is 5.84. The topological polar surface area (TPSA) is 41.7 Å². The second-order valence-electron chi connectivity index (χ2n) is 5.91. The number of ether oxygens (including phenoxy) is 1. The van der Waals surface area contributed by atoms with Crippen molar-refractivity contribution >= 4 is 17.2 Å². The Morgan fingerprint density at radius 3 is 2.38 bits per heavy atom. The predicted octanol–water partition coefficient (Wildman–Crippen LogP) is 1.75. The van der Waals surface area contributed by atoms with Gasteiger partial charge in [0.25, 0.3) is 0 Å². The predicted molar refractivity (Wildman–Crippen MR) is 90.8 cm³/mol. The third-order valence-corrected chi connectivity index (χ3v) is 4.68. The lowest BCUT2D eigenvalue weighted by Gasteiger charge is -2.43. The monoisotopic (exact) mass is 307 g/mol. The molecule has 4 nitrogen and oxygen atoms in total. The van der Waals surface area contributed by atoms with E-state index in [9.17, 15) is 0 Å². The molecule has 0 bridgehead atoms. The Labute approximate surface area is 132 Å². The van der Waals surface area contributed by atoms with Crippen LogP contribution in [0.15, 0.2) is 30.3 Å². The number of thiocarbonyl (C=S) groups is 1. The van der Waals surface area contributed by atoms with E-state index in [2.05, 4.69) is 23.6 Å². The third-order valence-electron chi connectivity index (χ3n) is 4.19. The highest BCUT2D eigenvalue weighted by molar-refractivity contribution is 7.80. The molecule has 0 radical (unpaired) electrons. The average molecular weight is 307 g/mol. The number of nitrogens with zero attached hydrogens (tertiary/aromatic N) is 2. The van der Waals surface area contributed by atoms with Crippen molar-refractivity contribution in [3.05, 3.63) is 30.3 Å². The van der Waals surface area contributed by atoms with E-state index in [0.29, 0.717) is 4.99 Å². The van der Waals surface area contributed by atoms with Gasteiger partial charge in [-0.1, -0.05) is 30.4 Å². The maximum absolute atomic E-state index is 5.84. The van der Waals surface area contributed by atoms with Crippen LogP contribution in [-0.4, -0.2) is 59.7 Å². The Hall–Kier alpha value is -1.17. The van der Waals surface area contributed by atoms with Crippen molar-refractivity contribution in [1.29, 1.82) is 0 Å².